The topological polar surface area (TPSA) is 75.3 Å². The Morgan fingerprint density at radius 2 is 2.11 bits per heavy atom. The first-order valence-electron chi connectivity index (χ1n) is 6.70. The number of rotatable bonds is 3. The largest absolute Gasteiger partial charge is 0.354 e. The molecule has 0 aromatic carbocycles. The molecule has 0 saturated carbocycles. The highest BCUT2D eigenvalue weighted by Gasteiger charge is 2.33. The Bertz CT molecular complexity index is 408. The zero-order valence-electron chi connectivity index (χ0n) is 10.8. The first-order valence-corrected chi connectivity index (χ1v) is 8.52. The van der Waals surface area contributed by atoms with Gasteiger partial charge in [0.15, 0.2) is 9.84 Å². The summed E-state index contributed by atoms with van der Waals surface area (Å²) in [5.74, 6) is -0.260. The van der Waals surface area contributed by atoms with E-state index in [1.54, 1.807) is 0 Å². The van der Waals surface area contributed by atoms with Gasteiger partial charge in [-0.1, -0.05) is 6.42 Å². The van der Waals surface area contributed by atoms with E-state index in [1.807, 2.05) is 0 Å². The summed E-state index contributed by atoms with van der Waals surface area (Å²) in [4.78, 5) is 11.9. The summed E-state index contributed by atoms with van der Waals surface area (Å²) < 4.78 is 22.6. The van der Waals surface area contributed by atoms with E-state index < -0.39 is 9.84 Å². The van der Waals surface area contributed by atoms with Crippen LogP contribution in [0.5, 0.6) is 0 Å². The molecule has 0 spiro atoms. The zero-order chi connectivity index (χ0) is 13.2. The Morgan fingerprint density at radius 3 is 2.72 bits per heavy atom. The van der Waals surface area contributed by atoms with Crippen LogP contribution < -0.4 is 10.6 Å². The average Bonchev–Trinajstić information content (AvgIpc) is 2.67. The fraction of sp³-hybridized carbons (Fsp3) is 0.917. The highest BCUT2D eigenvalue weighted by Crippen LogP contribution is 2.18. The molecule has 2 rings (SSSR count). The van der Waals surface area contributed by atoms with Crippen LogP contribution >= 0.6 is 0 Å². The molecule has 2 heterocycles. The Balaban J connectivity index is 1.75. The number of carbonyl (C=O) groups excluding carboxylic acids is 1. The van der Waals surface area contributed by atoms with E-state index in [0.29, 0.717) is 25.0 Å². The lowest BCUT2D eigenvalue weighted by Gasteiger charge is -2.29. The molecule has 1 amide bonds. The normalized spacial score (nSPS) is 35.3. The maximum absolute atomic E-state index is 11.9. The molecule has 3 unspecified atom stereocenters. The van der Waals surface area contributed by atoms with Crippen LogP contribution in [0.3, 0.4) is 0 Å². The van der Waals surface area contributed by atoms with E-state index >= 15 is 0 Å². The van der Waals surface area contributed by atoms with Crippen LogP contribution in [0.4, 0.5) is 0 Å². The average molecular weight is 274 g/mol. The monoisotopic (exact) mass is 274 g/mol. The predicted molar refractivity (Wildman–Crippen MR) is 70.0 cm³/mol. The van der Waals surface area contributed by atoms with Gasteiger partial charge in [0.05, 0.1) is 17.4 Å². The SMILES string of the molecule is CC1CCCC(CNC(=O)C2CCS(=O)(=O)C2)N1. The molecular weight excluding hydrogens is 252 g/mol. The van der Waals surface area contributed by atoms with E-state index in [4.69, 9.17) is 0 Å². The van der Waals surface area contributed by atoms with Gasteiger partial charge in [0.2, 0.25) is 5.91 Å². The van der Waals surface area contributed by atoms with Crippen molar-refractivity contribution < 1.29 is 13.2 Å². The number of hydrogen-bond acceptors (Lipinski definition) is 4. The minimum Gasteiger partial charge on any atom is -0.354 e. The molecule has 0 bridgehead atoms. The molecule has 0 radical (unpaired) electrons. The van der Waals surface area contributed by atoms with Crippen LogP contribution in [-0.4, -0.2) is 44.5 Å². The van der Waals surface area contributed by atoms with Crippen LogP contribution in [0.2, 0.25) is 0 Å². The number of nitrogens with one attached hydrogen (secondary N) is 2. The molecule has 6 heteroatoms. The van der Waals surface area contributed by atoms with Crippen LogP contribution in [0.1, 0.15) is 32.6 Å². The lowest BCUT2D eigenvalue weighted by molar-refractivity contribution is -0.124. The van der Waals surface area contributed by atoms with Gasteiger partial charge in [-0.15, -0.1) is 0 Å². The Labute approximate surface area is 109 Å². The first-order chi connectivity index (χ1) is 8.46. The van der Waals surface area contributed by atoms with Gasteiger partial charge in [-0.25, -0.2) is 8.42 Å². The van der Waals surface area contributed by atoms with E-state index in [-0.39, 0.29) is 23.3 Å². The van der Waals surface area contributed by atoms with Gasteiger partial charge in [0.25, 0.3) is 0 Å². The minimum absolute atomic E-state index is 0.0212. The number of sulfone groups is 1. The summed E-state index contributed by atoms with van der Waals surface area (Å²) in [5.41, 5.74) is 0. The van der Waals surface area contributed by atoms with Gasteiger partial charge in [0.1, 0.15) is 0 Å². The molecule has 2 aliphatic heterocycles. The maximum atomic E-state index is 11.9. The van der Waals surface area contributed by atoms with E-state index in [9.17, 15) is 13.2 Å². The molecular formula is C12H22N2O3S. The number of carbonyl (C=O) groups is 1. The highest BCUT2D eigenvalue weighted by atomic mass is 32.2. The fourth-order valence-corrected chi connectivity index (χ4v) is 4.51. The molecule has 5 nitrogen and oxygen atoms in total. The Hall–Kier alpha value is -0.620. The van der Waals surface area contributed by atoms with Crippen molar-refractivity contribution in [3.05, 3.63) is 0 Å². The van der Waals surface area contributed by atoms with Gasteiger partial charge in [-0.05, 0) is 26.2 Å². The summed E-state index contributed by atoms with van der Waals surface area (Å²) in [6.07, 6.45) is 3.92. The third kappa shape index (κ3) is 3.68. The first kappa shape index (κ1) is 13.8. The highest BCUT2D eigenvalue weighted by molar-refractivity contribution is 7.91. The van der Waals surface area contributed by atoms with Gasteiger partial charge in [-0.2, -0.15) is 0 Å². The van der Waals surface area contributed by atoms with E-state index in [0.717, 1.165) is 6.42 Å². The van der Waals surface area contributed by atoms with Crippen molar-refractivity contribution in [2.45, 2.75) is 44.7 Å². The molecule has 0 aliphatic carbocycles. The summed E-state index contributed by atoms with van der Waals surface area (Å²) >= 11 is 0. The second-order valence-corrected chi connectivity index (χ2v) is 7.77. The molecule has 3 atom stereocenters. The van der Waals surface area contributed by atoms with Crippen molar-refractivity contribution in [3.63, 3.8) is 0 Å². The third-order valence-corrected chi connectivity index (χ3v) is 5.60. The molecule has 2 saturated heterocycles. The lowest BCUT2D eigenvalue weighted by Crippen LogP contribution is -2.48. The number of amides is 1. The second kappa shape index (κ2) is 5.57. The molecule has 2 N–H and O–H groups in total. The van der Waals surface area contributed by atoms with Gasteiger partial charge in [-0.3, -0.25) is 4.79 Å². The van der Waals surface area contributed by atoms with Gasteiger partial charge >= 0.3 is 0 Å². The van der Waals surface area contributed by atoms with Crippen molar-refractivity contribution in [1.29, 1.82) is 0 Å². The quantitative estimate of drug-likeness (QED) is 0.763. The van der Waals surface area contributed by atoms with Crippen molar-refractivity contribution in [2.75, 3.05) is 18.1 Å². The minimum atomic E-state index is -2.97. The van der Waals surface area contributed by atoms with E-state index in [2.05, 4.69) is 17.6 Å². The summed E-state index contributed by atoms with van der Waals surface area (Å²) in [7, 11) is -2.97. The smallest absolute Gasteiger partial charge is 0.224 e. The second-order valence-electron chi connectivity index (χ2n) is 5.54. The van der Waals surface area contributed by atoms with Crippen molar-refractivity contribution in [1.82, 2.24) is 10.6 Å². The van der Waals surface area contributed by atoms with Crippen molar-refractivity contribution in [3.8, 4) is 0 Å². The Morgan fingerprint density at radius 1 is 1.33 bits per heavy atom. The Kier molecular flexibility index (Phi) is 4.27. The fourth-order valence-electron chi connectivity index (χ4n) is 2.77. The zero-order valence-corrected chi connectivity index (χ0v) is 11.6. The third-order valence-electron chi connectivity index (χ3n) is 3.84. The predicted octanol–water partition coefficient (Wildman–Crippen LogP) is 0.0679. The summed E-state index contributed by atoms with van der Waals surface area (Å²) in [6.45, 7) is 2.76. The van der Waals surface area contributed by atoms with Crippen LogP contribution in [0.15, 0.2) is 0 Å². The van der Waals surface area contributed by atoms with E-state index in [1.165, 1.54) is 12.8 Å². The summed E-state index contributed by atoms with van der Waals surface area (Å²) in [5, 5.41) is 6.33. The number of hydrogen-bond donors (Lipinski definition) is 2. The van der Waals surface area contributed by atoms with Crippen LogP contribution in [0.25, 0.3) is 0 Å². The molecule has 0 aromatic rings. The van der Waals surface area contributed by atoms with Crippen molar-refractivity contribution >= 4 is 15.7 Å². The molecule has 18 heavy (non-hydrogen) atoms. The van der Waals surface area contributed by atoms with Crippen molar-refractivity contribution in [2.24, 2.45) is 5.92 Å². The molecule has 0 aromatic heterocycles. The molecule has 2 fully saturated rings. The lowest BCUT2D eigenvalue weighted by atomic mass is 9.99. The van der Waals surface area contributed by atoms with Gasteiger partial charge in [0, 0.05) is 18.6 Å². The molecule has 2 aliphatic rings. The van der Waals surface area contributed by atoms with Gasteiger partial charge < -0.3 is 10.6 Å². The van der Waals surface area contributed by atoms with Crippen LogP contribution in [-0.2, 0) is 14.6 Å². The maximum Gasteiger partial charge on any atom is 0.224 e. The molecule has 104 valence electrons. The van der Waals surface area contributed by atoms with Crippen LogP contribution in [0, 0.1) is 5.92 Å². The summed E-state index contributed by atoms with van der Waals surface area (Å²) in [6, 6.07) is 0.836. The standard InChI is InChI=1S/C12H22N2O3S/c1-9-3-2-4-11(14-9)7-13-12(15)10-5-6-18(16,17)8-10/h9-11,14H,2-8H2,1H3,(H,13,15). The number of piperidine rings is 1.